The molecule has 0 unspecified atom stereocenters. The van der Waals surface area contributed by atoms with Crippen LogP contribution in [0.5, 0.6) is 5.75 Å². The highest BCUT2D eigenvalue weighted by Gasteiger charge is 2.34. The van der Waals surface area contributed by atoms with Crippen molar-refractivity contribution >= 4 is 17.6 Å². The van der Waals surface area contributed by atoms with E-state index in [1.807, 2.05) is 18.2 Å². The van der Waals surface area contributed by atoms with Crippen LogP contribution in [-0.2, 0) is 29.7 Å². The molecule has 0 radical (unpaired) electrons. The average Bonchev–Trinajstić information content (AvgIpc) is 3.43. The number of anilines is 1. The van der Waals surface area contributed by atoms with Crippen molar-refractivity contribution in [1.82, 2.24) is 24.6 Å². The van der Waals surface area contributed by atoms with Crippen molar-refractivity contribution in [2.24, 2.45) is 0 Å². The Labute approximate surface area is 215 Å². The number of benzene rings is 1. The molecule has 3 aromatic rings. The highest BCUT2D eigenvalue weighted by atomic mass is 16.5. The lowest BCUT2D eigenvalue weighted by Crippen LogP contribution is -2.47. The van der Waals surface area contributed by atoms with E-state index in [2.05, 4.69) is 38.9 Å². The van der Waals surface area contributed by atoms with E-state index in [0.29, 0.717) is 48.2 Å². The highest BCUT2D eigenvalue weighted by Crippen LogP contribution is 2.35. The summed E-state index contributed by atoms with van der Waals surface area (Å²) in [4.78, 5) is 32.2. The van der Waals surface area contributed by atoms with E-state index in [-0.39, 0.29) is 17.4 Å². The van der Waals surface area contributed by atoms with Gasteiger partial charge in [0.15, 0.2) is 5.82 Å². The van der Waals surface area contributed by atoms with E-state index < -0.39 is 5.60 Å². The summed E-state index contributed by atoms with van der Waals surface area (Å²) in [5.74, 6) is 1.73. The van der Waals surface area contributed by atoms with E-state index in [0.717, 1.165) is 29.8 Å². The van der Waals surface area contributed by atoms with Gasteiger partial charge < -0.3 is 24.6 Å². The van der Waals surface area contributed by atoms with Gasteiger partial charge in [-0.2, -0.15) is 0 Å². The lowest BCUT2D eigenvalue weighted by molar-refractivity contribution is -0.148. The molecule has 5 rings (SSSR count). The maximum atomic E-state index is 13.4. The number of fused-ring (bicyclic) bond motifs is 2. The Morgan fingerprint density at radius 1 is 1.14 bits per heavy atom. The van der Waals surface area contributed by atoms with Crippen LogP contribution in [0.2, 0.25) is 0 Å². The highest BCUT2D eigenvalue weighted by molar-refractivity contribution is 6.06. The van der Waals surface area contributed by atoms with E-state index in [4.69, 9.17) is 4.74 Å². The standard InChI is InChI=1S/C27H32N6O4/c1-26(2)11-9-22-30-31-23(33(22)26)19-7-6-8-21(28-19)29-24(34)18-13-17-15-32(25(35)27(3,4)36)12-10-16(17)14-20(18)37-5/h6-8,13-14,36H,9-12,15H2,1-5H3,(H,28,29,34). The molecule has 0 saturated carbocycles. The molecule has 2 aliphatic rings. The third kappa shape index (κ3) is 4.57. The molecule has 2 aliphatic heterocycles. The Hall–Kier alpha value is -3.79. The number of nitrogens with one attached hydrogen (secondary N) is 1. The molecule has 0 saturated heterocycles. The number of pyridine rings is 1. The first kappa shape index (κ1) is 24.9. The number of hydrogen-bond donors (Lipinski definition) is 2. The summed E-state index contributed by atoms with van der Waals surface area (Å²) in [6.45, 7) is 8.07. The van der Waals surface area contributed by atoms with Crippen LogP contribution in [0.4, 0.5) is 5.82 Å². The zero-order chi connectivity index (χ0) is 26.5. The molecule has 1 aromatic carbocycles. The van der Waals surface area contributed by atoms with Gasteiger partial charge >= 0.3 is 0 Å². The molecule has 0 aliphatic carbocycles. The summed E-state index contributed by atoms with van der Waals surface area (Å²) in [7, 11) is 1.53. The zero-order valence-corrected chi connectivity index (χ0v) is 21.8. The van der Waals surface area contributed by atoms with Crippen molar-refractivity contribution in [1.29, 1.82) is 0 Å². The molecular weight excluding hydrogens is 472 g/mol. The molecule has 37 heavy (non-hydrogen) atoms. The Morgan fingerprint density at radius 2 is 1.92 bits per heavy atom. The van der Waals surface area contributed by atoms with E-state index in [1.165, 1.54) is 21.0 Å². The first-order valence-corrected chi connectivity index (χ1v) is 12.4. The minimum absolute atomic E-state index is 0.105. The van der Waals surface area contributed by atoms with Crippen LogP contribution in [0.1, 0.15) is 61.4 Å². The van der Waals surface area contributed by atoms with Gasteiger partial charge in [-0.15, -0.1) is 10.2 Å². The van der Waals surface area contributed by atoms with Crippen LogP contribution >= 0.6 is 0 Å². The predicted octanol–water partition coefficient (Wildman–Crippen LogP) is 2.94. The maximum absolute atomic E-state index is 13.4. The minimum Gasteiger partial charge on any atom is -0.496 e. The second kappa shape index (κ2) is 8.95. The summed E-state index contributed by atoms with van der Waals surface area (Å²) >= 11 is 0. The van der Waals surface area contributed by atoms with Gasteiger partial charge in [-0.3, -0.25) is 9.59 Å². The number of aliphatic hydroxyl groups is 1. The first-order chi connectivity index (χ1) is 17.5. The van der Waals surface area contributed by atoms with Crippen molar-refractivity contribution < 1.29 is 19.4 Å². The fraction of sp³-hybridized carbons (Fsp3) is 0.444. The molecule has 0 fully saturated rings. The van der Waals surface area contributed by atoms with Crippen molar-refractivity contribution in [2.75, 3.05) is 19.0 Å². The van der Waals surface area contributed by atoms with Crippen LogP contribution in [0.15, 0.2) is 30.3 Å². The average molecular weight is 505 g/mol. The summed E-state index contributed by atoms with van der Waals surface area (Å²) in [5.41, 5.74) is 1.27. The van der Waals surface area contributed by atoms with Crippen LogP contribution in [-0.4, -0.2) is 60.8 Å². The van der Waals surface area contributed by atoms with Gasteiger partial charge in [0.25, 0.3) is 11.8 Å². The fourth-order valence-electron chi connectivity index (χ4n) is 5.12. The number of ether oxygens (including phenoxy) is 1. The normalized spacial score (nSPS) is 16.2. The molecule has 4 heterocycles. The van der Waals surface area contributed by atoms with Crippen LogP contribution in [0, 0.1) is 0 Å². The molecule has 10 heteroatoms. The van der Waals surface area contributed by atoms with Crippen molar-refractivity contribution in [2.45, 2.75) is 64.6 Å². The Bertz CT molecular complexity index is 1390. The minimum atomic E-state index is -1.46. The quantitative estimate of drug-likeness (QED) is 0.548. The SMILES string of the molecule is COc1cc2c(cc1C(=O)Nc1cccc(-c3nnc4n3C(C)(C)CC4)n1)CN(C(=O)C(C)(C)O)CC2. The first-order valence-electron chi connectivity index (χ1n) is 12.4. The van der Waals surface area contributed by atoms with Crippen molar-refractivity contribution in [3.63, 3.8) is 0 Å². The van der Waals surface area contributed by atoms with E-state index in [9.17, 15) is 14.7 Å². The van der Waals surface area contributed by atoms with E-state index in [1.54, 1.807) is 17.0 Å². The Kier molecular flexibility index (Phi) is 6.02. The molecule has 0 atom stereocenters. The number of rotatable bonds is 5. The van der Waals surface area contributed by atoms with Gasteiger partial charge in [0, 0.05) is 25.0 Å². The number of carbonyl (C=O) groups excluding carboxylic acids is 2. The second-order valence-corrected chi connectivity index (χ2v) is 10.8. The topological polar surface area (TPSA) is 122 Å². The smallest absolute Gasteiger partial charge is 0.260 e. The molecule has 0 bridgehead atoms. The lowest BCUT2D eigenvalue weighted by atomic mass is 9.95. The molecule has 194 valence electrons. The second-order valence-electron chi connectivity index (χ2n) is 10.8. The molecule has 2 N–H and O–H groups in total. The van der Waals surface area contributed by atoms with E-state index >= 15 is 0 Å². The van der Waals surface area contributed by atoms with Gasteiger partial charge in [-0.05, 0) is 75.9 Å². The summed E-state index contributed by atoms with van der Waals surface area (Å²) in [6.07, 6.45) is 2.46. The number of amides is 2. The molecule has 2 aromatic heterocycles. The monoisotopic (exact) mass is 504 g/mol. The predicted molar refractivity (Wildman–Crippen MR) is 137 cm³/mol. The third-order valence-electron chi connectivity index (χ3n) is 7.10. The number of hydrogen-bond acceptors (Lipinski definition) is 7. The van der Waals surface area contributed by atoms with Crippen LogP contribution in [0.25, 0.3) is 11.5 Å². The van der Waals surface area contributed by atoms with Gasteiger partial charge in [-0.1, -0.05) is 6.07 Å². The summed E-state index contributed by atoms with van der Waals surface area (Å²) < 4.78 is 7.65. The van der Waals surface area contributed by atoms with Gasteiger partial charge in [0.05, 0.1) is 12.7 Å². The van der Waals surface area contributed by atoms with Crippen molar-refractivity contribution in [3.8, 4) is 17.3 Å². The van der Waals surface area contributed by atoms with Crippen molar-refractivity contribution in [3.05, 3.63) is 52.8 Å². The number of aromatic nitrogens is 4. The fourth-order valence-corrected chi connectivity index (χ4v) is 5.12. The molecule has 0 spiro atoms. The summed E-state index contributed by atoms with van der Waals surface area (Å²) in [6, 6.07) is 9.01. The number of carbonyl (C=O) groups is 2. The third-order valence-corrected chi connectivity index (χ3v) is 7.10. The van der Waals surface area contributed by atoms with Gasteiger partial charge in [0.2, 0.25) is 0 Å². The summed E-state index contributed by atoms with van der Waals surface area (Å²) in [5, 5.41) is 21.7. The van der Waals surface area contributed by atoms with Gasteiger partial charge in [-0.25, -0.2) is 4.98 Å². The Balaban J connectivity index is 1.41. The van der Waals surface area contributed by atoms with Crippen LogP contribution in [0.3, 0.4) is 0 Å². The van der Waals surface area contributed by atoms with Gasteiger partial charge in [0.1, 0.15) is 28.7 Å². The molecule has 10 nitrogen and oxygen atoms in total. The van der Waals surface area contributed by atoms with Crippen LogP contribution < -0.4 is 10.1 Å². The number of methoxy groups -OCH3 is 1. The maximum Gasteiger partial charge on any atom is 0.260 e. The number of nitrogens with zero attached hydrogens (tertiary/aromatic N) is 5. The largest absolute Gasteiger partial charge is 0.496 e. The molecule has 2 amide bonds. The zero-order valence-electron chi connectivity index (χ0n) is 21.8. The lowest BCUT2D eigenvalue weighted by Gasteiger charge is -2.33. The molecular formula is C27H32N6O4. The Morgan fingerprint density at radius 3 is 2.65 bits per heavy atom. The number of aryl methyl sites for hydroxylation is 1.